The molecule has 2 nitrogen and oxygen atoms in total. The second-order valence-corrected chi connectivity index (χ2v) is 4.80. The van der Waals surface area contributed by atoms with E-state index in [-0.39, 0.29) is 6.04 Å². The fourth-order valence-electron chi connectivity index (χ4n) is 2.84. The van der Waals surface area contributed by atoms with E-state index in [0.717, 1.165) is 25.7 Å². The maximum atomic E-state index is 10.7. The van der Waals surface area contributed by atoms with E-state index in [2.05, 4.69) is 17.4 Å². The van der Waals surface area contributed by atoms with Crippen molar-refractivity contribution in [3.63, 3.8) is 0 Å². The van der Waals surface area contributed by atoms with E-state index in [4.69, 9.17) is 0 Å². The Morgan fingerprint density at radius 2 is 1.75 bits per heavy atom. The lowest BCUT2D eigenvalue weighted by atomic mass is 9.77. The third-order valence-electron chi connectivity index (χ3n) is 3.68. The first kappa shape index (κ1) is 11.6. The molecular weight excluding hydrogens is 198 g/mol. The molecule has 0 saturated heterocycles. The van der Waals surface area contributed by atoms with E-state index >= 15 is 0 Å². The van der Waals surface area contributed by atoms with Gasteiger partial charge in [-0.05, 0) is 25.5 Å². The molecule has 16 heavy (non-hydrogen) atoms. The molecule has 0 amide bonds. The van der Waals surface area contributed by atoms with Gasteiger partial charge in [0.15, 0.2) is 0 Å². The van der Waals surface area contributed by atoms with Gasteiger partial charge >= 0.3 is 0 Å². The average molecular weight is 219 g/mol. The quantitative estimate of drug-likeness (QED) is 0.819. The average Bonchev–Trinajstić information content (AvgIpc) is 2.32. The van der Waals surface area contributed by atoms with Crippen molar-refractivity contribution < 1.29 is 5.11 Å². The van der Waals surface area contributed by atoms with Gasteiger partial charge in [0.05, 0.1) is 11.6 Å². The van der Waals surface area contributed by atoms with Crippen molar-refractivity contribution in [2.24, 2.45) is 0 Å². The highest BCUT2D eigenvalue weighted by Gasteiger charge is 2.37. The Kier molecular flexibility index (Phi) is 3.62. The number of rotatable bonds is 3. The molecule has 0 aliphatic heterocycles. The fraction of sp³-hybridized carbons (Fsp3) is 0.571. The second-order valence-electron chi connectivity index (χ2n) is 4.80. The van der Waals surface area contributed by atoms with Gasteiger partial charge in [0.1, 0.15) is 0 Å². The van der Waals surface area contributed by atoms with Gasteiger partial charge in [0, 0.05) is 0 Å². The summed E-state index contributed by atoms with van der Waals surface area (Å²) >= 11 is 0. The Balaban J connectivity index is 2.21. The van der Waals surface area contributed by atoms with E-state index in [9.17, 15) is 5.11 Å². The van der Waals surface area contributed by atoms with E-state index in [1.165, 1.54) is 12.0 Å². The molecule has 1 aliphatic carbocycles. The van der Waals surface area contributed by atoms with Gasteiger partial charge in [0.25, 0.3) is 0 Å². The minimum atomic E-state index is -0.561. The minimum Gasteiger partial charge on any atom is -0.388 e. The van der Waals surface area contributed by atoms with Crippen LogP contribution in [0, 0.1) is 0 Å². The molecule has 2 heteroatoms. The first-order valence-electron chi connectivity index (χ1n) is 6.21. The van der Waals surface area contributed by atoms with Crippen molar-refractivity contribution in [1.29, 1.82) is 0 Å². The normalized spacial score (nSPS) is 21.6. The van der Waals surface area contributed by atoms with E-state index in [0.29, 0.717) is 0 Å². The standard InChI is InChI=1S/C14H21NO/c1-15-13(12-8-4-2-5-9-12)14(16)10-6-3-7-11-14/h2,4-5,8-9,13,15-16H,3,6-7,10-11H2,1H3. The van der Waals surface area contributed by atoms with Gasteiger partial charge in [-0.25, -0.2) is 0 Å². The highest BCUT2D eigenvalue weighted by Crippen LogP contribution is 2.37. The molecule has 0 spiro atoms. The maximum Gasteiger partial charge on any atom is 0.0841 e. The van der Waals surface area contributed by atoms with Crippen LogP contribution in [-0.2, 0) is 0 Å². The van der Waals surface area contributed by atoms with E-state index in [1.807, 2.05) is 25.2 Å². The highest BCUT2D eigenvalue weighted by atomic mass is 16.3. The maximum absolute atomic E-state index is 10.7. The summed E-state index contributed by atoms with van der Waals surface area (Å²) < 4.78 is 0. The summed E-state index contributed by atoms with van der Waals surface area (Å²) in [6, 6.07) is 10.3. The fourth-order valence-corrected chi connectivity index (χ4v) is 2.84. The molecule has 0 radical (unpaired) electrons. The van der Waals surface area contributed by atoms with E-state index in [1.54, 1.807) is 0 Å². The van der Waals surface area contributed by atoms with Crippen LogP contribution >= 0.6 is 0 Å². The summed E-state index contributed by atoms with van der Waals surface area (Å²) in [5, 5.41) is 14.0. The lowest BCUT2D eigenvalue weighted by Gasteiger charge is -2.39. The molecule has 88 valence electrons. The van der Waals surface area contributed by atoms with Gasteiger partial charge in [-0.2, -0.15) is 0 Å². The number of likely N-dealkylation sites (N-methyl/N-ethyl adjacent to an activating group) is 1. The molecule has 0 aromatic heterocycles. The number of aliphatic hydroxyl groups is 1. The van der Waals surface area contributed by atoms with Crippen LogP contribution in [0.15, 0.2) is 30.3 Å². The lowest BCUT2D eigenvalue weighted by Crippen LogP contribution is -2.44. The number of hydrogen-bond donors (Lipinski definition) is 2. The third-order valence-corrected chi connectivity index (χ3v) is 3.68. The van der Waals surface area contributed by atoms with Crippen LogP contribution in [0.2, 0.25) is 0 Å². The van der Waals surface area contributed by atoms with Crippen molar-refractivity contribution in [3.8, 4) is 0 Å². The Hall–Kier alpha value is -0.860. The lowest BCUT2D eigenvalue weighted by molar-refractivity contribution is -0.0295. The molecule has 1 fully saturated rings. The molecular formula is C14H21NO. The molecule has 1 saturated carbocycles. The van der Waals surface area contributed by atoms with Gasteiger partial charge in [0.2, 0.25) is 0 Å². The molecule has 1 unspecified atom stereocenters. The summed E-state index contributed by atoms with van der Waals surface area (Å²) in [7, 11) is 1.93. The topological polar surface area (TPSA) is 32.3 Å². The zero-order valence-electron chi connectivity index (χ0n) is 9.95. The molecule has 1 aromatic carbocycles. The zero-order valence-corrected chi connectivity index (χ0v) is 9.95. The Morgan fingerprint density at radius 3 is 2.31 bits per heavy atom. The van der Waals surface area contributed by atoms with Crippen molar-refractivity contribution in [2.75, 3.05) is 7.05 Å². The summed E-state index contributed by atoms with van der Waals surface area (Å²) in [5.74, 6) is 0. The van der Waals surface area contributed by atoms with Gasteiger partial charge < -0.3 is 10.4 Å². The van der Waals surface area contributed by atoms with E-state index < -0.39 is 5.60 Å². The second kappa shape index (κ2) is 4.98. The molecule has 0 bridgehead atoms. The van der Waals surface area contributed by atoms with Crippen LogP contribution < -0.4 is 5.32 Å². The SMILES string of the molecule is CNC(c1ccccc1)C1(O)CCCCC1. The summed E-state index contributed by atoms with van der Waals surface area (Å²) in [6.45, 7) is 0. The van der Waals surface area contributed by atoms with Crippen LogP contribution in [0.1, 0.15) is 43.7 Å². The zero-order chi connectivity index (χ0) is 11.4. The number of hydrogen-bond acceptors (Lipinski definition) is 2. The highest BCUT2D eigenvalue weighted by molar-refractivity contribution is 5.22. The van der Waals surface area contributed by atoms with Crippen molar-refractivity contribution in [2.45, 2.75) is 43.7 Å². The Bertz CT molecular complexity index is 317. The monoisotopic (exact) mass is 219 g/mol. The minimum absolute atomic E-state index is 0.0639. The Labute approximate surface area is 97.7 Å². The molecule has 1 atom stereocenters. The smallest absolute Gasteiger partial charge is 0.0841 e. The summed E-state index contributed by atoms with van der Waals surface area (Å²) in [4.78, 5) is 0. The van der Waals surface area contributed by atoms with Crippen LogP contribution in [0.3, 0.4) is 0 Å². The van der Waals surface area contributed by atoms with Gasteiger partial charge in [-0.3, -0.25) is 0 Å². The first-order valence-corrected chi connectivity index (χ1v) is 6.21. The third kappa shape index (κ3) is 2.28. The molecule has 1 aliphatic rings. The summed E-state index contributed by atoms with van der Waals surface area (Å²) in [5.41, 5.74) is 0.628. The number of nitrogens with one attached hydrogen (secondary N) is 1. The summed E-state index contributed by atoms with van der Waals surface area (Å²) in [6.07, 6.45) is 5.36. The largest absolute Gasteiger partial charge is 0.388 e. The molecule has 1 aromatic rings. The predicted octanol–water partition coefficient (Wildman–Crippen LogP) is 2.64. The van der Waals surface area contributed by atoms with Crippen molar-refractivity contribution in [3.05, 3.63) is 35.9 Å². The van der Waals surface area contributed by atoms with Crippen molar-refractivity contribution >= 4 is 0 Å². The van der Waals surface area contributed by atoms with Gasteiger partial charge in [-0.1, -0.05) is 49.6 Å². The van der Waals surface area contributed by atoms with Crippen molar-refractivity contribution in [1.82, 2.24) is 5.32 Å². The van der Waals surface area contributed by atoms with Crippen LogP contribution in [-0.4, -0.2) is 17.8 Å². The first-order chi connectivity index (χ1) is 7.76. The van der Waals surface area contributed by atoms with Gasteiger partial charge in [-0.15, -0.1) is 0 Å². The van der Waals surface area contributed by atoms with Crippen LogP contribution in [0.4, 0.5) is 0 Å². The van der Waals surface area contributed by atoms with Crippen LogP contribution in [0.25, 0.3) is 0 Å². The molecule has 2 N–H and O–H groups in total. The molecule has 2 rings (SSSR count). The molecule has 0 heterocycles. The predicted molar refractivity (Wildman–Crippen MR) is 66.3 cm³/mol. The van der Waals surface area contributed by atoms with Crippen LogP contribution in [0.5, 0.6) is 0 Å². The Morgan fingerprint density at radius 1 is 1.12 bits per heavy atom. The number of benzene rings is 1.